The van der Waals surface area contributed by atoms with Gasteiger partial charge in [-0.15, -0.1) is 11.3 Å². The summed E-state index contributed by atoms with van der Waals surface area (Å²) in [6.07, 6.45) is -4.91. The van der Waals surface area contributed by atoms with Gasteiger partial charge in [-0.2, -0.15) is 13.2 Å². The molecule has 0 fully saturated rings. The molecule has 0 aliphatic heterocycles. The van der Waals surface area contributed by atoms with Crippen LogP contribution in [0.1, 0.15) is 35.8 Å². The molecule has 1 heterocycles. The van der Waals surface area contributed by atoms with E-state index in [0.29, 0.717) is 17.5 Å². The summed E-state index contributed by atoms with van der Waals surface area (Å²) >= 11 is 1.38. The fourth-order valence-electron chi connectivity index (χ4n) is 1.48. The van der Waals surface area contributed by atoms with E-state index in [1.54, 1.807) is 0 Å². The van der Waals surface area contributed by atoms with Crippen molar-refractivity contribution in [1.29, 1.82) is 0 Å². The van der Waals surface area contributed by atoms with E-state index in [9.17, 15) is 13.2 Å². The zero-order valence-electron chi connectivity index (χ0n) is 10.9. The van der Waals surface area contributed by atoms with Gasteiger partial charge in [0, 0.05) is 24.3 Å². The Kier molecular flexibility index (Phi) is 5.59. The number of aryl methyl sites for hydroxylation is 2. The van der Waals surface area contributed by atoms with Gasteiger partial charge >= 0.3 is 6.18 Å². The lowest BCUT2D eigenvalue weighted by Crippen LogP contribution is -2.18. The molecule has 1 rings (SSSR count). The fourth-order valence-corrected chi connectivity index (χ4v) is 2.52. The topological polar surface area (TPSA) is 24.9 Å². The van der Waals surface area contributed by atoms with Crippen molar-refractivity contribution >= 4 is 11.3 Å². The van der Waals surface area contributed by atoms with Crippen molar-refractivity contribution in [3.8, 4) is 0 Å². The predicted molar refractivity (Wildman–Crippen MR) is 67.8 cm³/mol. The van der Waals surface area contributed by atoms with Crippen molar-refractivity contribution in [2.75, 3.05) is 6.54 Å². The number of halogens is 3. The van der Waals surface area contributed by atoms with E-state index >= 15 is 0 Å². The second-order valence-corrected chi connectivity index (χ2v) is 5.92. The molecule has 104 valence electrons. The number of nitrogens with one attached hydrogen (secondary N) is 1. The number of hydrogen-bond donors (Lipinski definition) is 1. The number of rotatable bonds is 6. The maximum absolute atomic E-state index is 12.1. The summed E-state index contributed by atoms with van der Waals surface area (Å²) in [5.74, 6) is 0.558. The predicted octanol–water partition coefficient (Wildman–Crippen LogP) is 3.69. The lowest BCUT2D eigenvalue weighted by Gasteiger charge is -2.05. The van der Waals surface area contributed by atoms with Crippen LogP contribution in [-0.2, 0) is 13.0 Å². The highest BCUT2D eigenvalue weighted by Crippen LogP contribution is 2.25. The van der Waals surface area contributed by atoms with Gasteiger partial charge in [0.1, 0.15) is 0 Å². The summed E-state index contributed by atoms with van der Waals surface area (Å²) < 4.78 is 36.3. The molecule has 0 saturated heterocycles. The van der Waals surface area contributed by atoms with Crippen LogP contribution < -0.4 is 5.32 Å². The molecule has 1 aromatic heterocycles. The van der Waals surface area contributed by atoms with Gasteiger partial charge in [-0.25, -0.2) is 4.98 Å². The van der Waals surface area contributed by atoms with Gasteiger partial charge in [-0.1, -0.05) is 13.8 Å². The van der Waals surface area contributed by atoms with E-state index in [2.05, 4.69) is 24.1 Å². The van der Waals surface area contributed by atoms with Crippen LogP contribution in [0.15, 0.2) is 0 Å². The minimum atomic E-state index is -4.10. The van der Waals surface area contributed by atoms with E-state index in [1.807, 2.05) is 6.92 Å². The number of hydrogen-bond acceptors (Lipinski definition) is 3. The van der Waals surface area contributed by atoms with Gasteiger partial charge in [0.15, 0.2) is 0 Å². The van der Waals surface area contributed by atoms with Crippen LogP contribution in [0.4, 0.5) is 13.2 Å². The minimum absolute atomic E-state index is 0.0147. The maximum Gasteiger partial charge on any atom is 0.389 e. The number of thiazole rings is 1. The molecule has 0 atom stereocenters. The molecule has 0 bridgehead atoms. The van der Waals surface area contributed by atoms with E-state index in [4.69, 9.17) is 0 Å². The van der Waals surface area contributed by atoms with E-state index in [-0.39, 0.29) is 6.42 Å². The lowest BCUT2D eigenvalue weighted by atomic mass is 10.2. The summed E-state index contributed by atoms with van der Waals surface area (Å²) in [7, 11) is 0. The zero-order valence-corrected chi connectivity index (χ0v) is 11.7. The Morgan fingerprint density at radius 1 is 1.33 bits per heavy atom. The average Bonchev–Trinajstić information content (AvgIpc) is 2.55. The smallest absolute Gasteiger partial charge is 0.312 e. The molecule has 0 aliphatic rings. The van der Waals surface area contributed by atoms with Crippen LogP contribution in [0, 0.1) is 12.8 Å². The highest BCUT2D eigenvalue weighted by molar-refractivity contribution is 7.11. The first-order valence-electron chi connectivity index (χ1n) is 6.00. The Balaban J connectivity index is 2.48. The summed E-state index contributed by atoms with van der Waals surface area (Å²) in [6.45, 7) is 7.66. The lowest BCUT2D eigenvalue weighted by molar-refractivity contribution is -0.134. The standard InChI is InChI=1S/C12H19F3N2S/c1-8(2)6-16-7-10-9(3)17-11(18-10)4-5-12(13,14)15/h8,16H,4-7H2,1-3H3. The van der Waals surface area contributed by atoms with Gasteiger partial charge in [0.2, 0.25) is 0 Å². The maximum atomic E-state index is 12.1. The van der Waals surface area contributed by atoms with Crippen molar-refractivity contribution in [3.05, 3.63) is 15.6 Å². The van der Waals surface area contributed by atoms with E-state index in [0.717, 1.165) is 17.1 Å². The highest BCUT2D eigenvalue weighted by atomic mass is 32.1. The largest absolute Gasteiger partial charge is 0.389 e. The summed E-state index contributed by atoms with van der Waals surface area (Å²) in [5.41, 5.74) is 0.841. The Hall–Kier alpha value is -0.620. The Bertz CT molecular complexity index is 372. The molecule has 1 aromatic rings. The number of aromatic nitrogens is 1. The molecule has 0 radical (unpaired) electrons. The van der Waals surface area contributed by atoms with Crippen molar-refractivity contribution < 1.29 is 13.2 Å². The summed E-state index contributed by atoms with van der Waals surface area (Å²) in [6, 6.07) is 0. The van der Waals surface area contributed by atoms with Crippen LogP contribution in [0.3, 0.4) is 0 Å². The molecular formula is C12H19F3N2S. The van der Waals surface area contributed by atoms with Crippen molar-refractivity contribution in [2.45, 2.75) is 46.3 Å². The molecular weight excluding hydrogens is 261 g/mol. The van der Waals surface area contributed by atoms with Crippen LogP contribution in [-0.4, -0.2) is 17.7 Å². The Morgan fingerprint density at radius 3 is 2.56 bits per heavy atom. The van der Waals surface area contributed by atoms with Crippen LogP contribution >= 0.6 is 11.3 Å². The number of nitrogens with zero attached hydrogens (tertiary/aromatic N) is 1. The van der Waals surface area contributed by atoms with Crippen LogP contribution in [0.2, 0.25) is 0 Å². The molecule has 18 heavy (non-hydrogen) atoms. The molecule has 1 N–H and O–H groups in total. The summed E-state index contributed by atoms with van der Waals surface area (Å²) in [4.78, 5) is 5.23. The molecule has 0 amide bonds. The normalized spacial score (nSPS) is 12.4. The first-order chi connectivity index (χ1) is 8.28. The SMILES string of the molecule is Cc1nc(CCC(F)(F)F)sc1CNCC(C)C. The minimum Gasteiger partial charge on any atom is -0.312 e. The van der Waals surface area contributed by atoms with Gasteiger partial charge in [0.25, 0.3) is 0 Å². The second kappa shape index (κ2) is 6.52. The molecule has 0 saturated carbocycles. The van der Waals surface area contributed by atoms with Gasteiger partial charge < -0.3 is 5.32 Å². The summed E-state index contributed by atoms with van der Waals surface area (Å²) in [5, 5.41) is 3.85. The molecule has 2 nitrogen and oxygen atoms in total. The monoisotopic (exact) mass is 280 g/mol. The molecule has 0 aromatic carbocycles. The van der Waals surface area contributed by atoms with E-state index < -0.39 is 12.6 Å². The third-order valence-electron chi connectivity index (χ3n) is 2.40. The van der Waals surface area contributed by atoms with Crippen molar-refractivity contribution in [2.24, 2.45) is 5.92 Å². The highest BCUT2D eigenvalue weighted by Gasteiger charge is 2.27. The molecule has 0 aliphatic carbocycles. The molecule has 0 spiro atoms. The third kappa shape index (κ3) is 5.82. The average molecular weight is 280 g/mol. The zero-order chi connectivity index (χ0) is 13.8. The van der Waals surface area contributed by atoms with Crippen LogP contribution in [0.5, 0.6) is 0 Å². The van der Waals surface area contributed by atoms with Gasteiger partial charge in [0.05, 0.1) is 10.7 Å². The Labute approximate surface area is 110 Å². The first-order valence-corrected chi connectivity index (χ1v) is 6.82. The molecule has 6 heteroatoms. The Morgan fingerprint density at radius 2 is 2.00 bits per heavy atom. The molecule has 0 unspecified atom stereocenters. The van der Waals surface area contributed by atoms with Crippen LogP contribution in [0.25, 0.3) is 0 Å². The van der Waals surface area contributed by atoms with Crippen molar-refractivity contribution in [1.82, 2.24) is 10.3 Å². The van der Waals surface area contributed by atoms with E-state index in [1.165, 1.54) is 11.3 Å². The van der Waals surface area contributed by atoms with Gasteiger partial charge in [-0.3, -0.25) is 0 Å². The third-order valence-corrected chi connectivity index (χ3v) is 3.61. The second-order valence-electron chi connectivity index (χ2n) is 4.76. The fraction of sp³-hybridized carbons (Fsp3) is 0.750. The van der Waals surface area contributed by atoms with Gasteiger partial charge in [-0.05, 0) is 19.4 Å². The number of alkyl halides is 3. The first kappa shape index (κ1) is 15.4. The van der Waals surface area contributed by atoms with Crippen molar-refractivity contribution in [3.63, 3.8) is 0 Å². The quantitative estimate of drug-likeness (QED) is 0.859.